The molecule has 0 bridgehead atoms. The maximum absolute atomic E-state index is 17.0. The number of carboxylic acids is 1. The summed E-state index contributed by atoms with van der Waals surface area (Å²) in [4.78, 5) is 137. The lowest BCUT2D eigenvalue weighted by molar-refractivity contribution is -0.145. The van der Waals surface area contributed by atoms with Crippen LogP contribution < -0.4 is 53.5 Å². The summed E-state index contributed by atoms with van der Waals surface area (Å²) >= 11 is 0. The molecule has 1 aromatic heterocycles. The molecule has 15 N–H and O–H groups in total. The number of hydrogen-bond donors (Lipinski definition) is 14. The van der Waals surface area contributed by atoms with E-state index in [0.717, 1.165) is 28.5 Å². The van der Waals surface area contributed by atoms with Crippen LogP contribution in [0.1, 0.15) is 96.9 Å². The number of carbonyl (C=O) groups excluding carboxylic acids is 8. The molecule has 2 heterocycles. The molecule has 25 nitrogen and oxygen atoms in total. The number of nitrogens with one attached hydrogen (secondary N) is 9. The fraction of sp³-hybridized carbons (Fsp3) is 0.455. The molecule has 0 saturated carbocycles. The number of nitrogens with two attached hydrogens (primary N) is 1. The number of oxime groups is 1. The van der Waals surface area contributed by atoms with Gasteiger partial charge in [0.2, 0.25) is 41.4 Å². The number of aliphatic hydroxyl groups excluding tert-OH is 2. The number of hydrogen-bond acceptors (Lipinski definition) is 17. The van der Waals surface area contributed by atoms with Gasteiger partial charge in [0.25, 0.3) is 14.3 Å². The summed E-state index contributed by atoms with van der Waals surface area (Å²) in [5.41, 5.74) is 8.65. The molecule has 29 heteroatoms. The van der Waals surface area contributed by atoms with E-state index < -0.39 is 145 Å². The van der Waals surface area contributed by atoms with E-state index in [2.05, 4.69) is 52.7 Å². The first kappa shape index (κ1) is 75.7. The third-order valence-corrected chi connectivity index (χ3v) is 23.7. The molecule has 1 fully saturated rings. The van der Waals surface area contributed by atoms with E-state index in [1.165, 1.54) is 37.4 Å². The number of benzene rings is 4. The third-order valence-electron chi connectivity index (χ3n) is 16.0. The van der Waals surface area contributed by atoms with Crippen molar-refractivity contribution in [3.63, 3.8) is 0 Å². The van der Waals surface area contributed by atoms with Gasteiger partial charge in [0.1, 0.15) is 48.0 Å². The highest BCUT2D eigenvalue weighted by Crippen LogP contribution is 2.51. The van der Waals surface area contributed by atoms with Crippen LogP contribution in [-0.2, 0) is 67.3 Å². The SMILES string of the molecule is C[C@H](O)[C@H](NC(=O)[C@@H]1CSSC[C@H](NC(=O)[C@@H](Cc2ccccc2)NC(=O)CO/N=C/c2ccc([Si]([18F])(C(C)(C)C)C(C)(C)C)cc2)C(=O)N[C@@H](Cc2ccc(O)cc2)C(=O)N[C@H](Cc2c[nH]c3ccccc23)C(=O)N[C@@H](CCCCN)C(=O)N[C@H]([C@@H](C)O)C(=O)N1)C(=O)O. The fourth-order valence-electron chi connectivity index (χ4n) is 11.1. The molecular weight excluding hydrogens is 1280 g/mol. The van der Waals surface area contributed by atoms with Crippen molar-refractivity contribution in [3.8, 4) is 5.75 Å². The van der Waals surface area contributed by atoms with Crippen LogP contribution in [0.2, 0.25) is 10.1 Å². The number of aromatic nitrogens is 1. The Balaban J connectivity index is 1.37. The van der Waals surface area contributed by atoms with E-state index in [-0.39, 0.29) is 50.2 Å². The normalized spacial score (nSPS) is 20.5. The predicted molar refractivity (Wildman–Crippen MR) is 364 cm³/mol. The van der Waals surface area contributed by atoms with E-state index >= 15 is 13.7 Å². The van der Waals surface area contributed by atoms with Gasteiger partial charge in [-0.2, -0.15) is 0 Å². The standard InChI is InChI=1S/C66H88FN11O14S2Si/c1-38(79)55-63(89)76-53(62(88)78-56(39(2)80)64(90)91)37-94-93-36-52(75-58(84)49(30-40-16-10-9-11-17-40)71-54(82)35-92-70-33-42-23-27-45(28-24-42)95(67,65(3,4)5)66(6,7)8)61(87)73-50(31-41-21-25-44(81)26-22-41)59(85)74-51(32-43-34-69-47-19-13-12-18-46(43)47)60(86)72-48(57(83)77-55)20-14-15-29-68/h9-13,16-19,21-28,33-34,38-39,48-53,55-56,69,79-81H,14-15,20,29-32,35-37,68H2,1-8H3,(H,71,82)(H,72,86)(H,73,87)(H,74,85)(H,75,84)(H,76,89)(H,77,83)(H,78,88)(H,90,91)/b70-33+/t38-,39+,48+,49-,50+,51-,52+,53+,55-,56+/m1/s1/i67-1. The highest BCUT2D eigenvalue weighted by molar-refractivity contribution is 8.76. The summed E-state index contributed by atoms with van der Waals surface area (Å²) in [6, 6.07) is 15.5. The van der Waals surface area contributed by atoms with Crippen molar-refractivity contribution in [1.29, 1.82) is 0 Å². The van der Waals surface area contributed by atoms with Crippen LogP contribution in [0.15, 0.2) is 114 Å². The van der Waals surface area contributed by atoms with Crippen molar-refractivity contribution < 1.29 is 72.5 Å². The first-order chi connectivity index (χ1) is 44.9. The number of unbranched alkanes of at least 4 members (excludes halogenated alkanes) is 1. The lowest BCUT2D eigenvalue weighted by Crippen LogP contribution is -2.62. The van der Waals surface area contributed by atoms with Crippen LogP contribution in [0, 0.1) is 0 Å². The van der Waals surface area contributed by atoms with Crippen molar-refractivity contribution in [2.75, 3.05) is 24.7 Å². The van der Waals surface area contributed by atoms with Crippen molar-refractivity contribution in [3.05, 3.63) is 132 Å². The molecule has 0 radical (unpaired) electrons. The topological polar surface area (TPSA) is 394 Å². The van der Waals surface area contributed by atoms with Crippen molar-refractivity contribution >= 4 is 106 Å². The number of H-pyrrole nitrogens is 1. The Morgan fingerprint density at radius 1 is 0.726 bits per heavy atom. The molecule has 4 aromatic carbocycles. The number of carboxylic acid groups (broad SMARTS) is 1. The van der Waals surface area contributed by atoms with Gasteiger partial charge in [-0.25, -0.2) is 4.79 Å². The quantitative estimate of drug-likeness (QED) is 0.0112. The van der Waals surface area contributed by atoms with Gasteiger partial charge in [0.05, 0.1) is 18.4 Å². The zero-order chi connectivity index (χ0) is 69.8. The van der Waals surface area contributed by atoms with Crippen LogP contribution in [0.25, 0.3) is 10.9 Å². The second kappa shape index (κ2) is 34.9. The Labute approximate surface area is 560 Å². The third kappa shape index (κ3) is 21.6. The number of para-hydroxylation sites is 1. The van der Waals surface area contributed by atoms with Crippen molar-refractivity contribution in [2.24, 2.45) is 10.9 Å². The van der Waals surface area contributed by atoms with Crippen molar-refractivity contribution in [1.82, 2.24) is 47.5 Å². The molecule has 5 aromatic rings. The minimum absolute atomic E-state index is 0.0616. The van der Waals surface area contributed by atoms with Gasteiger partial charge in [-0.1, -0.05) is 153 Å². The molecule has 514 valence electrons. The molecule has 0 aliphatic carbocycles. The number of aliphatic hydroxyl groups is 2. The van der Waals surface area contributed by atoms with E-state index in [1.54, 1.807) is 85.1 Å². The highest BCUT2D eigenvalue weighted by Gasteiger charge is 2.56. The molecule has 1 aliphatic rings. The Hall–Kier alpha value is -8.35. The summed E-state index contributed by atoms with van der Waals surface area (Å²) in [6.45, 7) is 13.2. The Bertz CT molecular complexity index is 3470. The molecule has 0 spiro atoms. The van der Waals surface area contributed by atoms with Gasteiger partial charge in [0, 0.05) is 47.9 Å². The monoisotopic (exact) mass is 1370 g/mol. The number of aliphatic carboxylic acids is 1. The Kier molecular flexibility index (Phi) is 27.8. The van der Waals surface area contributed by atoms with E-state index in [1.807, 2.05) is 41.5 Å². The van der Waals surface area contributed by atoms with Gasteiger partial charge >= 0.3 is 5.97 Å². The number of aromatic amines is 1. The number of amides is 8. The number of phenolic OH excluding ortho intramolecular Hbond substituents is 1. The summed E-state index contributed by atoms with van der Waals surface area (Å²) in [6.07, 6.45) is -0.280. The van der Waals surface area contributed by atoms with Crippen LogP contribution >= 0.6 is 21.6 Å². The molecule has 8 amide bonds. The number of halogens is 1. The number of carbonyl (C=O) groups is 9. The molecule has 0 unspecified atom stereocenters. The first-order valence-corrected chi connectivity index (χ1v) is 35.5. The summed E-state index contributed by atoms with van der Waals surface area (Å²) in [7, 11) is -1.83. The maximum Gasteiger partial charge on any atom is 0.328 e. The van der Waals surface area contributed by atoms with Gasteiger partial charge in [-0.15, -0.1) is 0 Å². The van der Waals surface area contributed by atoms with Gasteiger partial charge in [0.15, 0.2) is 12.6 Å². The smallest absolute Gasteiger partial charge is 0.328 e. The Morgan fingerprint density at radius 3 is 1.95 bits per heavy atom. The maximum atomic E-state index is 17.0. The lowest BCUT2D eigenvalue weighted by Gasteiger charge is -2.44. The second-order valence-electron chi connectivity index (χ2n) is 25.5. The summed E-state index contributed by atoms with van der Waals surface area (Å²) in [5, 5.41) is 66.3. The van der Waals surface area contributed by atoms with E-state index in [0.29, 0.717) is 44.8 Å². The van der Waals surface area contributed by atoms with Crippen LogP contribution in [-0.4, -0.2) is 178 Å². The average molecular weight is 1370 g/mol. The van der Waals surface area contributed by atoms with Crippen LogP contribution in [0.5, 0.6) is 5.75 Å². The minimum Gasteiger partial charge on any atom is -0.508 e. The molecule has 1 aliphatic heterocycles. The number of nitrogens with zero attached hydrogens (tertiary/aromatic N) is 1. The van der Waals surface area contributed by atoms with E-state index in [9.17, 15) is 54.0 Å². The first-order valence-electron chi connectivity index (χ1n) is 31.2. The Morgan fingerprint density at radius 2 is 1.33 bits per heavy atom. The average Bonchev–Trinajstić information content (AvgIpc) is 1.53. The van der Waals surface area contributed by atoms with Gasteiger partial charge < -0.3 is 82.6 Å². The number of rotatable bonds is 23. The van der Waals surface area contributed by atoms with Crippen molar-refractivity contribution in [2.45, 2.75) is 165 Å². The number of phenols is 1. The molecular formula is C66H88FN11O14S2Si. The van der Waals surface area contributed by atoms with E-state index in [4.69, 9.17) is 10.6 Å². The summed E-state index contributed by atoms with van der Waals surface area (Å²) in [5.74, 6) is -10.2. The molecule has 1 saturated heterocycles. The molecule has 10 atom stereocenters. The molecule has 95 heavy (non-hydrogen) atoms. The van der Waals surface area contributed by atoms with Gasteiger partial charge in [-0.05, 0) is 95.4 Å². The zero-order valence-electron chi connectivity index (χ0n) is 54.4. The van der Waals surface area contributed by atoms with Gasteiger partial charge in [-0.3, -0.25) is 38.4 Å². The fourth-order valence-corrected chi connectivity index (χ4v) is 18.0. The predicted octanol–water partition coefficient (Wildman–Crippen LogP) is 2.92. The largest absolute Gasteiger partial charge is 0.508 e. The minimum atomic E-state index is -3.56. The van der Waals surface area contributed by atoms with Crippen LogP contribution in [0.4, 0.5) is 4.11 Å². The second-order valence-corrected chi connectivity index (χ2v) is 32.9. The zero-order valence-corrected chi connectivity index (χ0v) is 57.0. The lowest BCUT2D eigenvalue weighted by atomic mass is 10.0. The molecule has 6 rings (SSSR count). The summed E-state index contributed by atoms with van der Waals surface area (Å²) < 4.78 is 17.0. The number of aromatic hydroxyl groups is 1. The van der Waals surface area contributed by atoms with Crippen LogP contribution in [0.3, 0.4) is 0 Å². The highest BCUT2D eigenvalue weighted by atomic mass is 33.1. The number of fused-ring (bicyclic) bond motifs is 1.